The zero-order chi connectivity index (χ0) is 15.2. The summed E-state index contributed by atoms with van der Waals surface area (Å²) in [6.45, 7) is 1.19. The molecule has 2 aromatic rings. The molecule has 0 bridgehead atoms. The summed E-state index contributed by atoms with van der Waals surface area (Å²) in [4.78, 5) is 10.8. The molecule has 0 saturated carbocycles. The highest BCUT2D eigenvalue weighted by molar-refractivity contribution is 5.87. The number of aromatic carboxylic acids is 1. The maximum atomic E-state index is 10.8. The summed E-state index contributed by atoms with van der Waals surface area (Å²) in [6.07, 6.45) is 0.790. The van der Waals surface area contributed by atoms with Gasteiger partial charge in [0.15, 0.2) is 0 Å². The van der Waals surface area contributed by atoms with Crippen LogP contribution in [-0.2, 0) is 13.0 Å². The van der Waals surface area contributed by atoms with E-state index in [-0.39, 0.29) is 0 Å². The molecule has 0 aromatic heterocycles. The monoisotopic (exact) mass is 285 g/mol. The molecule has 0 aliphatic carbocycles. The summed E-state index contributed by atoms with van der Waals surface area (Å²) in [5.41, 5.74) is 15.4. The van der Waals surface area contributed by atoms with Crippen molar-refractivity contribution in [2.45, 2.75) is 13.0 Å². The van der Waals surface area contributed by atoms with E-state index in [2.05, 4.69) is 5.32 Å². The Morgan fingerprint density at radius 2 is 1.76 bits per heavy atom. The molecule has 0 amide bonds. The van der Waals surface area contributed by atoms with Crippen LogP contribution in [-0.4, -0.2) is 17.6 Å². The van der Waals surface area contributed by atoms with Gasteiger partial charge in [0.25, 0.3) is 0 Å². The van der Waals surface area contributed by atoms with Crippen molar-refractivity contribution in [3.63, 3.8) is 0 Å². The first-order chi connectivity index (χ1) is 10.1. The Bertz CT molecular complexity index is 624. The number of carboxylic acids is 1. The van der Waals surface area contributed by atoms with Crippen molar-refractivity contribution in [3.8, 4) is 0 Å². The number of benzene rings is 2. The summed E-state index contributed by atoms with van der Waals surface area (Å²) >= 11 is 0. The first kappa shape index (κ1) is 14.9. The molecule has 0 aliphatic rings. The van der Waals surface area contributed by atoms with Gasteiger partial charge in [-0.05, 0) is 41.8 Å². The molecule has 0 heterocycles. The highest BCUT2D eigenvalue weighted by Gasteiger charge is 2.03. The largest absolute Gasteiger partial charge is 0.478 e. The lowest BCUT2D eigenvalue weighted by atomic mass is 10.1. The molecule has 0 saturated heterocycles. The molecule has 2 rings (SSSR count). The van der Waals surface area contributed by atoms with Gasteiger partial charge in [0, 0.05) is 13.1 Å². The summed E-state index contributed by atoms with van der Waals surface area (Å²) in [5.74, 6) is -0.910. The number of anilines is 2. The first-order valence-corrected chi connectivity index (χ1v) is 6.74. The molecular formula is C16H19N3O2. The molecule has 0 unspecified atom stereocenters. The molecular weight excluding hydrogens is 266 g/mol. The molecule has 5 nitrogen and oxygen atoms in total. The second kappa shape index (κ2) is 6.76. The summed E-state index contributed by atoms with van der Waals surface area (Å²) < 4.78 is 0. The molecule has 0 radical (unpaired) electrons. The van der Waals surface area contributed by atoms with Crippen LogP contribution in [0.5, 0.6) is 0 Å². The number of rotatable bonds is 6. The number of carboxylic acid groups (broad SMARTS) is 1. The van der Waals surface area contributed by atoms with E-state index in [1.807, 2.05) is 30.3 Å². The third-order valence-corrected chi connectivity index (χ3v) is 3.28. The molecule has 0 spiro atoms. The van der Waals surface area contributed by atoms with Crippen LogP contribution in [0.4, 0.5) is 11.4 Å². The lowest BCUT2D eigenvalue weighted by Gasteiger charge is -2.10. The zero-order valence-electron chi connectivity index (χ0n) is 11.7. The standard InChI is InChI=1S/C16H19N3O2/c17-10-12-3-6-15(14(18)9-12)19-8-7-11-1-4-13(5-2-11)16(20)21/h1-6,9,19H,7-8,10,17-18H2,(H,20,21). The maximum absolute atomic E-state index is 10.8. The van der Waals surface area contributed by atoms with E-state index < -0.39 is 5.97 Å². The molecule has 0 atom stereocenters. The molecule has 6 N–H and O–H groups in total. The molecule has 21 heavy (non-hydrogen) atoms. The van der Waals surface area contributed by atoms with Crippen molar-refractivity contribution in [1.82, 2.24) is 0 Å². The minimum atomic E-state index is -0.910. The zero-order valence-corrected chi connectivity index (χ0v) is 11.7. The van der Waals surface area contributed by atoms with Gasteiger partial charge in [0.2, 0.25) is 0 Å². The van der Waals surface area contributed by atoms with E-state index in [0.29, 0.717) is 17.8 Å². The van der Waals surface area contributed by atoms with Gasteiger partial charge in [0.05, 0.1) is 16.9 Å². The highest BCUT2D eigenvalue weighted by Crippen LogP contribution is 2.19. The van der Waals surface area contributed by atoms with Gasteiger partial charge in [-0.2, -0.15) is 0 Å². The Labute approximate surface area is 123 Å². The Kier molecular flexibility index (Phi) is 4.79. The van der Waals surface area contributed by atoms with Gasteiger partial charge in [-0.15, -0.1) is 0 Å². The topological polar surface area (TPSA) is 101 Å². The Balaban J connectivity index is 1.90. The van der Waals surface area contributed by atoms with Crippen molar-refractivity contribution >= 4 is 17.3 Å². The smallest absolute Gasteiger partial charge is 0.335 e. The summed E-state index contributed by atoms with van der Waals surface area (Å²) in [5, 5.41) is 12.1. The van der Waals surface area contributed by atoms with Crippen LogP contribution in [0.2, 0.25) is 0 Å². The fourth-order valence-corrected chi connectivity index (χ4v) is 2.06. The van der Waals surface area contributed by atoms with Crippen LogP contribution in [0, 0.1) is 0 Å². The normalized spacial score (nSPS) is 10.3. The minimum absolute atomic E-state index is 0.299. The Morgan fingerprint density at radius 1 is 1.10 bits per heavy atom. The molecule has 2 aromatic carbocycles. The van der Waals surface area contributed by atoms with Gasteiger partial charge in [-0.3, -0.25) is 0 Å². The average Bonchev–Trinajstić information content (AvgIpc) is 2.49. The molecule has 110 valence electrons. The van der Waals surface area contributed by atoms with Gasteiger partial charge in [-0.1, -0.05) is 18.2 Å². The molecule has 0 aliphatic heterocycles. The fourth-order valence-electron chi connectivity index (χ4n) is 2.06. The highest BCUT2D eigenvalue weighted by atomic mass is 16.4. The number of nitrogen functional groups attached to an aromatic ring is 1. The number of hydrogen-bond donors (Lipinski definition) is 4. The third kappa shape index (κ3) is 3.97. The van der Waals surface area contributed by atoms with Crippen molar-refractivity contribution in [1.29, 1.82) is 0 Å². The van der Waals surface area contributed by atoms with Crippen LogP contribution in [0.1, 0.15) is 21.5 Å². The van der Waals surface area contributed by atoms with E-state index in [0.717, 1.165) is 29.8 Å². The van der Waals surface area contributed by atoms with Crippen LogP contribution >= 0.6 is 0 Å². The number of carbonyl (C=O) groups is 1. The van der Waals surface area contributed by atoms with E-state index >= 15 is 0 Å². The SMILES string of the molecule is NCc1ccc(NCCc2ccc(C(=O)O)cc2)c(N)c1. The first-order valence-electron chi connectivity index (χ1n) is 6.74. The third-order valence-electron chi connectivity index (χ3n) is 3.28. The van der Waals surface area contributed by atoms with Gasteiger partial charge >= 0.3 is 5.97 Å². The summed E-state index contributed by atoms with van der Waals surface area (Å²) in [7, 11) is 0. The van der Waals surface area contributed by atoms with E-state index in [9.17, 15) is 4.79 Å². The molecule has 5 heteroatoms. The predicted molar refractivity (Wildman–Crippen MR) is 84.3 cm³/mol. The van der Waals surface area contributed by atoms with Crippen molar-refractivity contribution in [2.24, 2.45) is 5.73 Å². The maximum Gasteiger partial charge on any atom is 0.335 e. The van der Waals surface area contributed by atoms with Gasteiger partial charge < -0.3 is 21.9 Å². The minimum Gasteiger partial charge on any atom is -0.478 e. The van der Waals surface area contributed by atoms with Crippen LogP contribution < -0.4 is 16.8 Å². The predicted octanol–water partition coefficient (Wildman–Crippen LogP) is 2.08. The Morgan fingerprint density at radius 3 is 2.33 bits per heavy atom. The average molecular weight is 285 g/mol. The second-order valence-electron chi connectivity index (χ2n) is 4.80. The van der Waals surface area contributed by atoms with Crippen molar-refractivity contribution in [2.75, 3.05) is 17.6 Å². The second-order valence-corrected chi connectivity index (χ2v) is 4.80. The lowest BCUT2D eigenvalue weighted by molar-refractivity contribution is 0.0697. The molecule has 0 fully saturated rings. The number of nitrogens with two attached hydrogens (primary N) is 2. The van der Waals surface area contributed by atoms with Gasteiger partial charge in [-0.25, -0.2) is 4.79 Å². The van der Waals surface area contributed by atoms with Crippen LogP contribution in [0.15, 0.2) is 42.5 Å². The number of hydrogen-bond acceptors (Lipinski definition) is 4. The summed E-state index contributed by atoms with van der Waals surface area (Å²) in [6, 6.07) is 12.6. The fraction of sp³-hybridized carbons (Fsp3) is 0.188. The van der Waals surface area contributed by atoms with Crippen molar-refractivity contribution < 1.29 is 9.90 Å². The van der Waals surface area contributed by atoms with E-state index in [4.69, 9.17) is 16.6 Å². The van der Waals surface area contributed by atoms with E-state index in [1.165, 1.54) is 0 Å². The number of nitrogens with one attached hydrogen (secondary N) is 1. The van der Waals surface area contributed by atoms with Crippen LogP contribution in [0.3, 0.4) is 0 Å². The quantitative estimate of drug-likeness (QED) is 0.609. The van der Waals surface area contributed by atoms with Crippen molar-refractivity contribution in [3.05, 3.63) is 59.2 Å². The van der Waals surface area contributed by atoms with Crippen LogP contribution in [0.25, 0.3) is 0 Å². The van der Waals surface area contributed by atoms with E-state index in [1.54, 1.807) is 12.1 Å². The lowest BCUT2D eigenvalue weighted by Crippen LogP contribution is -2.08. The Hall–Kier alpha value is -2.53. The van der Waals surface area contributed by atoms with Gasteiger partial charge in [0.1, 0.15) is 0 Å².